The second-order valence-corrected chi connectivity index (χ2v) is 2.92. The van der Waals surface area contributed by atoms with Crippen LogP contribution in [-0.4, -0.2) is 0 Å². The molecule has 2 rings (SSSR count). The number of hydrogen-bond donors (Lipinski definition) is 0. The van der Waals surface area contributed by atoms with Crippen molar-refractivity contribution in [3.8, 4) is 0 Å². The lowest BCUT2D eigenvalue weighted by molar-refractivity contribution is 1.56. The first kappa shape index (κ1) is 6.62. The quantitative estimate of drug-likeness (QED) is 0.533. The molecule has 11 heavy (non-hydrogen) atoms. The summed E-state index contributed by atoms with van der Waals surface area (Å²) in [5, 5.41) is 2.39. The van der Waals surface area contributed by atoms with Crippen LogP contribution in [0, 0.1) is 0 Å². The average molecular weight is 159 g/mol. The maximum atomic E-state index is 5.15. The first-order valence-corrected chi connectivity index (χ1v) is 3.93. The molecular formula is C10H7S-. The highest BCUT2D eigenvalue weighted by Crippen LogP contribution is 2.17. The molecule has 2 aromatic rings. The molecule has 0 unspecified atom stereocenters. The zero-order chi connectivity index (χ0) is 7.68. The highest BCUT2D eigenvalue weighted by molar-refractivity contribution is 7.59. The van der Waals surface area contributed by atoms with Gasteiger partial charge in [0, 0.05) is 0 Å². The van der Waals surface area contributed by atoms with Gasteiger partial charge in [-0.25, -0.2) is 0 Å². The summed E-state index contributed by atoms with van der Waals surface area (Å²) in [6.07, 6.45) is 0. The lowest BCUT2D eigenvalue weighted by Gasteiger charge is -2.08. The molecule has 0 saturated carbocycles. The van der Waals surface area contributed by atoms with E-state index in [0.717, 1.165) is 4.90 Å². The molecule has 0 saturated heterocycles. The van der Waals surface area contributed by atoms with E-state index in [0.29, 0.717) is 0 Å². The summed E-state index contributed by atoms with van der Waals surface area (Å²) in [5.74, 6) is 0. The fourth-order valence-electron chi connectivity index (χ4n) is 1.20. The Morgan fingerprint density at radius 3 is 2.36 bits per heavy atom. The van der Waals surface area contributed by atoms with Crippen LogP contribution in [0.15, 0.2) is 47.4 Å². The maximum Gasteiger partial charge on any atom is -0.0199 e. The van der Waals surface area contributed by atoms with Gasteiger partial charge in [-0.1, -0.05) is 42.5 Å². The molecule has 0 fully saturated rings. The monoisotopic (exact) mass is 159 g/mol. The summed E-state index contributed by atoms with van der Waals surface area (Å²) in [7, 11) is 0. The summed E-state index contributed by atoms with van der Waals surface area (Å²) in [6.45, 7) is 0. The summed E-state index contributed by atoms with van der Waals surface area (Å²) in [4.78, 5) is 0.933. The largest absolute Gasteiger partial charge is 0.779 e. The number of hydrogen-bond acceptors (Lipinski definition) is 1. The number of benzene rings is 2. The van der Waals surface area contributed by atoms with Gasteiger partial charge in [0.15, 0.2) is 0 Å². The second kappa shape index (κ2) is 2.51. The van der Waals surface area contributed by atoms with E-state index in [2.05, 4.69) is 18.2 Å². The van der Waals surface area contributed by atoms with Crippen LogP contribution >= 0.6 is 0 Å². The van der Waals surface area contributed by atoms with Crippen molar-refractivity contribution < 1.29 is 0 Å². The van der Waals surface area contributed by atoms with Crippen LogP contribution in [0.1, 0.15) is 0 Å². The summed E-state index contributed by atoms with van der Waals surface area (Å²) < 4.78 is 0. The lowest BCUT2D eigenvalue weighted by atomic mass is 10.1. The zero-order valence-corrected chi connectivity index (χ0v) is 6.77. The lowest BCUT2D eigenvalue weighted by Crippen LogP contribution is -1.74. The Kier molecular flexibility index (Phi) is 1.51. The standard InChI is InChI=1S/C10H8S/c11-10-7-3-5-8-4-1-2-6-9(8)10/h1-7,11H/p-1. The molecule has 54 valence electrons. The van der Waals surface area contributed by atoms with Crippen LogP contribution in [0.25, 0.3) is 10.8 Å². The zero-order valence-electron chi connectivity index (χ0n) is 5.95. The van der Waals surface area contributed by atoms with Gasteiger partial charge in [-0.2, -0.15) is 4.90 Å². The smallest absolute Gasteiger partial charge is 0.0199 e. The highest BCUT2D eigenvalue weighted by Gasteiger charge is 1.87. The second-order valence-electron chi connectivity index (χ2n) is 2.48. The van der Waals surface area contributed by atoms with Gasteiger partial charge in [0.05, 0.1) is 0 Å². The van der Waals surface area contributed by atoms with Crippen LogP contribution in [-0.2, 0) is 12.6 Å². The van der Waals surface area contributed by atoms with Gasteiger partial charge in [-0.05, 0) is 10.8 Å². The number of rotatable bonds is 0. The van der Waals surface area contributed by atoms with Crippen molar-refractivity contribution in [3.63, 3.8) is 0 Å². The molecule has 0 aliphatic heterocycles. The van der Waals surface area contributed by atoms with Crippen molar-refractivity contribution in [1.82, 2.24) is 0 Å². The minimum absolute atomic E-state index is 0.933. The van der Waals surface area contributed by atoms with E-state index in [1.165, 1.54) is 10.8 Å². The van der Waals surface area contributed by atoms with E-state index < -0.39 is 0 Å². The Hall–Kier alpha value is -1.08. The van der Waals surface area contributed by atoms with Crippen molar-refractivity contribution in [2.75, 3.05) is 0 Å². The Morgan fingerprint density at radius 2 is 1.55 bits per heavy atom. The molecule has 1 heteroatoms. The van der Waals surface area contributed by atoms with Crippen LogP contribution in [0.4, 0.5) is 0 Å². The molecule has 0 bridgehead atoms. The van der Waals surface area contributed by atoms with Crippen LogP contribution in [0.5, 0.6) is 0 Å². The average Bonchev–Trinajstić information content (AvgIpc) is 2.06. The Labute approximate surface area is 71.3 Å². The fraction of sp³-hybridized carbons (Fsp3) is 0. The van der Waals surface area contributed by atoms with Crippen molar-refractivity contribution in [1.29, 1.82) is 0 Å². The topological polar surface area (TPSA) is 0 Å². The van der Waals surface area contributed by atoms with Gasteiger partial charge >= 0.3 is 0 Å². The molecule has 2 aromatic carbocycles. The maximum absolute atomic E-state index is 5.15. The molecule has 0 heterocycles. The van der Waals surface area contributed by atoms with Crippen LogP contribution in [0.2, 0.25) is 0 Å². The first-order valence-electron chi connectivity index (χ1n) is 3.53. The Bertz CT molecular complexity index is 374. The van der Waals surface area contributed by atoms with E-state index >= 15 is 0 Å². The minimum atomic E-state index is 0.933. The van der Waals surface area contributed by atoms with Crippen molar-refractivity contribution in [2.45, 2.75) is 4.90 Å². The van der Waals surface area contributed by atoms with E-state index in [9.17, 15) is 0 Å². The van der Waals surface area contributed by atoms with Gasteiger partial charge in [-0.15, -0.1) is 0 Å². The van der Waals surface area contributed by atoms with E-state index in [4.69, 9.17) is 12.6 Å². The summed E-state index contributed by atoms with van der Waals surface area (Å²) in [5.41, 5.74) is 0. The summed E-state index contributed by atoms with van der Waals surface area (Å²) in [6, 6.07) is 14.2. The predicted octanol–water partition coefficient (Wildman–Crippen LogP) is 2.75. The van der Waals surface area contributed by atoms with Gasteiger partial charge < -0.3 is 12.6 Å². The summed E-state index contributed by atoms with van der Waals surface area (Å²) >= 11 is 5.15. The molecule has 0 N–H and O–H groups in total. The molecule has 0 amide bonds. The Balaban J connectivity index is 2.91. The van der Waals surface area contributed by atoms with Crippen molar-refractivity contribution in [3.05, 3.63) is 42.5 Å². The fourth-order valence-corrected chi connectivity index (χ4v) is 1.46. The minimum Gasteiger partial charge on any atom is -0.779 e. The van der Waals surface area contributed by atoms with Crippen molar-refractivity contribution in [2.24, 2.45) is 0 Å². The molecule has 0 aliphatic carbocycles. The third-order valence-electron chi connectivity index (χ3n) is 1.75. The van der Waals surface area contributed by atoms with Gasteiger partial charge in [-0.3, -0.25) is 0 Å². The molecule has 0 spiro atoms. The Morgan fingerprint density at radius 1 is 0.818 bits per heavy atom. The molecule has 0 aromatic heterocycles. The molecule has 0 aliphatic rings. The number of fused-ring (bicyclic) bond motifs is 1. The van der Waals surface area contributed by atoms with Gasteiger partial charge in [0.2, 0.25) is 0 Å². The molecule has 0 radical (unpaired) electrons. The highest BCUT2D eigenvalue weighted by atomic mass is 32.1. The van der Waals surface area contributed by atoms with E-state index in [1.54, 1.807) is 0 Å². The third kappa shape index (κ3) is 1.08. The molecular weight excluding hydrogens is 152 g/mol. The van der Waals surface area contributed by atoms with E-state index in [-0.39, 0.29) is 0 Å². The molecule has 0 atom stereocenters. The predicted molar refractivity (Wildman–Crippen MR) is 49.6 cm³/mol. The molecule has 0 nitrogen and oxygen atoms in total. The van der Waals surface area contributed by atoms with E-state index in [1.807, 2.05) is 24.3 Å². The normalized spacial score (nSPS) is 10.2. The SMILES string of the molecule is [S-]c1cccc2ccccc12. The van der Waals surface area contributed by atoms with Crippen LogP contribution in [0.3, 0.4) is 0 Å². The van der Waals surface area contributed by atoms with Crippen molar-refractivity contribution >= 4 is 23.4 Å². The van der Waals surface area contributed by atoms with Gasteiger partial charge in [0.1, 0.15) is 0 Å². The van der Waals surface area contributed by atoms with Gasteiger partial charge in [0.25, 0.3) is 0 Å². The van der Waals surface area contributed by atoms with Crippen LogP contribution < -0.4 is 0 Å². The third-order valence-corrected chi connectivity index (χ3v) is 2.11. The first-order chi connectivity index (χ1) is 5.38.